The summed E-state index contributed by atoms with van der Waals surface area (Å²) < 4.78 is 30.1. The average molecular weight is 350 g/mol. The lowest BCUT2D eigenvalue weighted by Crippen LogP contribution is -2.24. The zero-order valence-electron chi connectivity index (χ0n) is 14.5. The van der Waals surface area contributed by atoms with Crippen LogP contribution in [0.1, 0.15) is 37.7 Å². The van der Waals surface area contributed by atoms with E-state index in [-0.39, 0.29) is 16.1 Å². The Morgan fingerprint density at radius 3 is 2.42 bits per heavy atom. The number of aromatic nitrogens is 1. The first kappa shape index (κ1) is 18.2. The molecule has 0 fully saturated rings. The Morgan fingerprint density at radius 1 is 1.21 bits per heavy atom. The molecule has 0 atom stereocenters. The summed E-state index contributed by atoms with van der Waals surface area (Å²) in [5, 5.41) is 6.05. The Kier molecular flexibility index (Phi) is 4.85. The first-order valence-electron chi connectivity index (χ1n) is 7.56. The fourth-order valence-corrected chi connectivity index (χ4v) is 3.69. The van der Waals surface area contributed by atoms with Crippen molar-refractivity contribution in [2.24, 2.45) is 0 Å². The molecule has 1 aromatic heterocycles. The maximum atomic E-state index is 12.6. The van der Waals surface area contributed by atoms with Crippen molar-refractivity contribution < 1.29 is 17.7 Å². The summed E-state index contributed by atoms with van der Waals surface area (Å²) in [5.41, 5.74) is 1.34. The molecule has 1 heterocycles. The Morgan fingerprint density at radius 2 is 1.88 bits per heavy atom. The van der Waals surface area contributed by atoms with Gasteiger partial charge in [0, 0.05) is 6.07 Å². The van der Waals surface area contributed by atoms with Gasteiger partial charge in [0.15, 0.2) is 15.7 Å². The maximum Gasteiger partial charge on any atom is 0.241 e. The van der Waals surface area contributed by atoms with E-state index in [1.807, 2.05) is 26.8 Å². The number of benzene rings is 1. The summed E-state index contributed by atoms with van der Waals surface area (Å²) >= 11 is 0. The zero-order chi connectivity index (χ0) is 18.1. The smallest absolute Gasteiger partial charge is 0.241 e. The van der Waals surface area contributed by atoms with Crippen LogP contribution in [0.2, 0.25) is 0 Å². The maximum absolute atomic E-state index is 12.6. The number of carbonyl (C=O) groups is 1. The standard InChI is InChI=1S/C17H22N2O4S/c1-11-6-7-13(17(3,4)5)9-14(11)24(21,22)10-16(20)18-15-8-12(2)23-19-15/h6-9H,10H2,1-5H3,(H,18,19,20). The minimum atomic E-state index is -3.76. The van der Waals surface area contributed by atoms with Crippen molar-refractivity contribution in [2.75, 3.05) is 11.1 Å². The Bertz CT molecular complexity index is 861. The van der Waals surface area contributed by atoms with E-state index in [2.05, 4.69) is 10.5 Å². The lowest BCUT2D eigenvalue weighted by atomic mass is 9.87. The number of carbonyl (C=O) groups excluding carboxylic acids is 1. The highest BCUT2D eigenvalue weighted by Gasteiger charge is 2.24. The van der Waals surface area contributed by atoms with Gasteiger partial charge in [0.25, 0.3) is 0 Å². The second-order valence-electron chi connectivity index (χ2n) is 6.86. The summed E-state index contributed by atoms with van der Waals surface area (Å²) in [5.74, 6) is -0.563. The number of anilines is 1. The molecule has 1 amide bonds. The minimum absolute atomic E-state index is 0.182. The zero-order valence-corrected chi connectivity index (χ0v) is 15.3. The predicted molar refractivity (Wildman–Crippen MR) is 91.8 cm³/mol. The minimum Gasteiger partial charge on any atom is -0.360 e. The van der Waals surface area contributed by atoms with Crippen LogP contribution in [-0.4, -0.2) is 25.2 Å². The molecule has 0 saturated heterocycles. The third-order valence-electron chi connectivity index (χ3n) is 3.61. The summed E-state index contributed by atoms with van der Waals surface area (Å²) in [7, 11) is -3.76. The van der Waals surface area contributed by atoms with Gasteiger partial charge in [-0.2, -0.15) is 0 Å². The van der Waals surface area contributed by atoms with Gasteiger partial charge in [-0.1, -0.05) is 38.1 Å². The summed E-state index contributed by atoms with van der Waals surface area (Å²) in [6, 6.07) is 6.85. The molecule has 1 aromatic carbocycles. The molecule has 6 nitrogen and oxygen atoms in total. The Labute approximate surface area is 142 Å². The lowest BCUT2D eigenvalue weighted by molar-refractivity contribution is -0.113. The van der Waals surface area contributed by atoms with E-state index in [0.29, 0.717) is 11.3 Å². The molecule has 2 aromatic rings. The molecule has 0 unspecified atom stereocenters. The molecule has 0 aliphatic heterocycles. The van der Waals surface area contributed by atoms with E-state index in [0.717, 1.165) is 5.56 Å². The number of aryl methyl sites for hydroxylation is 2. The molecule has 7 heteroatoms. The number of sulfone groups is 1. The van der Waals surface area contributed by atoms with Crippen LogP contribution in [0.15, 0.2) is 33.7 Å². The quantitative estimate of drug-likeness (QED) is 0.915. The van der Waals surface area contributed by atoms with Crippen LogP contribution in [0, 0.1) is 13.8 Å². The van der Waals surface area contributed by atoms with Gasteiger partial charge in [-0.25, -0.2) is 8.42 Å². The number of amides is 1. The molecule has 130 valence electrons. The SMILES string of the molecule is Cc1cc(NC(=O)CS(=O)(=O)c2cc(C(C)(C)C)ccc2C)no1. The van der Waals surface area contributed by atoms with E-state index >= 15 is 0 Å². The molecule has 0 bridgehead atoms. The summed E-state index contributed by atoms with van der Waals surface area (Å²) in [6.07, 6.45) is 0. The van der Waals surface area contributed by atoms with Gasteiger partial charge in [-0.15, -0.1) is 0 Å². The van der Waals surface area contributed by atoms with Crippen LogP contribution in [0.3, 0.4) is 0 Å². The van der Waals surface area contributed by atoms with Crippen molar-refractivity contribution in [1.82, 2.24) is 5.16 Å². The van der Waals surface area contributed by atoms with Crippen molar-refractivity contribution in [3.63, 3.8) is 0 Å². The van der Waals surface area contributed by atoms with E-state index in [9.17, 15) is 13.2 Å². The van der Waals surface area contributed by atoms with Gasteiger partial charge >= 0.3 is 0 Å². The molecular weight excluding hydrogens is 328 g/mol. The number of nitrogens with one attached hydrogen (secondary N) is 1. The number of hydrogen-bond acceptors (Lipinski definition) is 5. The summed E-state index contributed by atoms with van der Waals surface area (Å²) in [4.78, 5) is 12.2. The Balaban J connectivity index is 2.25. The van der Waals surface area contributed by atoms with Crippen molar-refractivity contribution in [1.29, 1.82) is 0 Å². The van der Waals surface area contributed by atoms with Gasteiger partial charge < -0.3 is 9.84 Å². The van der Waals surface area contributed by atoms with Gasteiger partial charge in [0.2, 0.25) is 5.91 Å². The normalized spacial score (nSPS) is 12.2. The van der Waals surface area contributed by atoms with Gasteiger partial charge in [0.1, 0.15) is 11.5 Å². The van der Waals surface area contributed by atoms with E-state index in [1.54, 1.807) is 26.0 Å². The van der Waals surface area contributed by atoms with Crippen molar-refractivity contribution >= 4 is 21.6 Å². The molecule has 0 radical (unpaired) electrons. The second-order valence-corrected chi connectivity index (χ2v) is 8.82. The highest BCUT2D eigenvalue weighted by atomic mass is 32.2. The molecule has 1 N–H and O–H groups in total. The molecule has 0 spiro atoms. The van der Waals surface area contributed by atoms with E-state index < -0.39 is 21.5 Å². The molecule has 0 aliphatic carbocycles. The largest absolute Gasteiger partial charge is 0.360 e. The number of rotatable bonds is 4. The number of nitrogens with zero attached hydrogens (tertiary/aromatic N) is 1. The fourth-order valence-electron chi connectivity index (χ4n) is 2.26. The topological polar surface area (TPSA) is 89.3 Å². The van der Waals surface area contributed by atoms with E-state index in [1.165, 1.54) is 6.07 Å². The van der Waals surface area contributed by atoms with Crippen LogP contribution in [0.4, 0.5) is 5.82 Å². The molecule has 0 aliphatic rings. The highest BCUT2D eigenvalue weighted by molar-refractivity contribution is 7.92. The predicted octanol–water partition coefficient (Wildman–Crippen LogP) is 3.00. The fraction of sp³-hybridized carbons (Fsp3) is 0.412. The van der Waals surface area contributed by atoms with E-state index in [4.69, 9.17) is 4.52 Å². The van der Waals surface area contributed by atoms with Crippen LogP contribution in [0.25, 0.3) is 0 Å². The lowest BCUT2D eigenvalue weighted by Gasteiger charge is -2.20. The van der Waals surface area contributed by atoms with Crippen molar-refractivity contribution in [3.8, 4) is 0 Å². The highest BCUT2D eigenvalue weighted by Crippen LogP contribution is 2.27. The summed E-state index contributed by atoms with van der Waals surface area (Å²) in [6.45, 7) is 9.42. The third kappa shape index (κ3) is 4.23. The number of hydrogen-bond donors (Lipinski definition) is 1. The Hall–Kier alpha value is -2.15. The monoisotopic (exact) mass is 350 g/mol. The second kappa shape index (κ2) is 6.39. The van der Waals surface area contributed by atoms with Crippen LogP contribution >= 0.6 is 0 Å². The molecule has 24 heavy (non-hydrogen) atoms. The average Bonchev–Trinajstić information content (AvgIpc) is 2.82. The van der Waals surface area contributed by atoms with Crippen molar-refractivity contribution in [3.05, 3.63) is 41.2 Å². The van der Waals surface area contributed by atoms with Crippen LogP contribution < -0.4 is 5.32 Å². The van der Waals surface area contributed by atoms with Crippen LogP contribution in [-0.2, 0) is 20.0 Å². The van der Waals surface area contributed by atoms with Gasteiger partial charge in [-0.05, 0) is 36.5 Å². The van der Waals surface area contributed by atoms with Gasteiger partial charge in [0.05, 0.1) is 4.90 Å². The third-order valence-corrected chi connectivity index (χ3v) is 5.36. The molecular formula is C17H22N2O4S. The van der Waals surface area contributed by atoms with Crippen LogP contribution in [0.5, 0.6) is 0 Å². The molecule has 2 rings (SSSR count). The first-order valence-corrected chi connectivity index (χ1v) is 9.21. The first-order chi connectivity index (χ1) is 11.0. The van der Waals surface area contributed by atoms with Crippen molar-refractivity contribution in [2.45, 2.75) is 44.9 Å². The van der Waals surface area contributed by atoms with Gasteiger partial charge in [-0.3, -0.25) is 4.79 Å². The molecule has 0 saturated carbocycles.